The average Bonchev–Trinajstić information content (AvgIpc) is 3.23. The van der Waals surface area contributed by atoms with E-state index in [-0.39, 0.29) is 0 Å². The molecule has 2 aromatic rings. The van der Waals surface area contributed by atoms with Crippen molar-refractivity contribution in [3.63, 3.8) is 0 Å². The maximum atomic E-state index is 6.09. The molecule has 2 N–H and O–H groups in total. The summed E-state index contributed by atoms with van der Waals surface area (Å²) in [4.78, 5) is 8.75. The predicted molar refractivity (Wildman–Crippen MR) is 79.7 cm³/mol. The molecule has 0 radical (unpaired) electrons. The molecule has 0 saturated heterocycles. The monoisotopic (exact) mass is 309 g/mol. The van der Waals surface area contributed by atoms with Gasteiger partial charge in [-0.3, -0.25) is 0 Å². The maximum absolute atomic E-state index is 6.09. The zero-order chi connectivity index (χ0) is 14.3. The Morgan fingerprint density at radius 3 is 2.70 bits per heavy atom. The van der Waals surface area contributed by atoms with Gasteiger partial charge < -0.3 is 10.5 Å². The van der Waals surface area contributed by atoms with E-state index in [4.69, 9.17) is 33.7 Å². The van der Waals surface area contributed by atoms with Crippen LogP contribution in [0.15, 0.2) is 18.2 Å². The van der Waals surface area contributed by atoms with Gasteiger partial charge in [-0.25, -0.2) is 4.98 Å². The molecule has 0 spiro atoms. The van der Waals surface area contributed by atoms with E-state index in [1.54, 1.807) is 18.2 Å². The molecule has 0 atom stereocenters. The maximum Gasteiger partial charge on any atom is 0.227 e. The number of ether oxygens (including phenoxy) is 1. The van der Waals surface area contributed by atoms with Gasteiger partial charge in [0.1, 0.15) is 17.4 Å². The van der Waals surface area contributed by atoms with Crippen LogP contribution < -0.4 is 10.5 Å². The topological polar surface area (TPSA) is 61.0 Å². The van der Waals surface area contributed by atoms with Gasteiger partial charge >= 0.3 is 0 Å². The van der Waals surface area contributed by atoms with Crippen LogP contribution in [0.4, 0.5) is 5.82 Å². The molecule has 4 nitrogen and oxygen atoms in total. The van der Waals surface area contributed by atoms with Crippen LogP contribution in [-0.4, -0.2) is 9.97 Å². The average molecular weight is 310 g/mol. The van der Waals surface area contributed by atoms with E-state index < -0.39 is 0 Å². The highest BCUT2D eigenvalue weighted by molar-refractivity contribution is 6.34. The lowest BCUT2D eigenvalue weighted by Gasteiger charge is -2.12. The van der Waals surface area contributed by atoms with Crippen LogP contribution in [0.1, 0.15) is 30.1 Å². The summed E-state index contributed by atoms with van der Waals surface area (Å²) in [6.45, 7) is 1.82. The van der Waals surface area contributed by atoms with Gasteiger partial charge in [0.25, 0.3) is 0 Å². The summed E-state index contributed by atoms with van der Waals surface area (Å²) < 4.78 is 5.77. The highest BCUT2D eigenvalue weighted by atomic mass is 35.5. The van der Waals surface area contributed by atoms with Crippen LogP contribution in [0.25, 0.3) is 0 Å². The SMILES string of the molecule is Cc1c(N)nc(C2CC2)nc1Oc1cc(Cl)ccc1Cl. The third kappa shape index (κ3) is 2.67. The summed E-state index contributed by atoms with van der Waals surface area (Å²) in [5, 5.41) is 1.02. The van der Waals surface area contributed by atoms with Crippen molar-refractivity contribution in [2.75, 3.05) is 5.73 Å². The van der Waals surface area contributed by atoms with Crippen LogP contribution in [0.3, 0.4) is 0 Å². The molecular formula is C14H13Cl2N3O. The molecule has 3 rings (SSSR count). The highest BCUT2D eigenvalue weighted by Crippen LogP contribution is 2.40. The molecule has 20 heavy (non-hydrogen) atoms. The Balaban J connectivity index is 1.99. The van der Waals surface area contributed by atoms with Crippen LogP contribution in [0, 0.1) is 6.92 Å². The van der Waals surface area contributed by atoms with E-state index in [0.717, 1.165) is 18.7 Å². The molecule has 0 unspecified atom stereocenters. The zero-order valence-electron chi connectivity index (χ0n) is 10.9. The number of rotatable bonds is 3. The fourth-order valence-electron chi connectivity index (χ4n) is 1.81. The summed E-state index contributed by atoms with van der Waals surface area (Å²) in [7, 11) is 0. The minimum Gasteiger partial charge on any atom is -0.437 e. The van der Waals surface area contributed by atoms with E-state index in [9.17, 15) is 0 Å². The quantitative estimate of drug-likeness (QED) is 0.916. The van der Waals surface area contributed by atoms with Crippen molar-refractivity contribution in [2.45, 2.75) is 25.7 Å². The molecule has 1 aromatic heterocycles. The first-order valence-corrected chi connectivity index (χ1v) is 7.07. The molecule has 1 fully saturated rings. The first-order chi connectivity index (χ1) is 9.54. The van der Waals surface area contributed by atoms with Crippen LogP contribution in [0.5, 0.6) is 11.6 Å². The van der Waals surface area contributed by atoms with Crippen molar-refractivity contribution in [1.82, 2.24) is 9.97 Å². The van der Waals surface area contributed by atoms with Gasteiger partial charge in [0.2, 0.25) is 5.88 Å². The Kier molecular flexibility index (Phi) is 3.44. The number of nitrogen functional groups attached to an aromatic ring is 1. The summed E-state index contributed by atoms with van der Waals surface area (Å²) in [5.41, 5.74) is 6.62. The van der Waals surface area contributed by atoms with Gasteiger partial charge in [0.05, 0.1) is 10.6 Å². The summed E-state index contributed by atoms with van der Waals surface area (Å²) in [6.07, 6.45) is 2.19. The smallest absolute Gasteiger partial charge is 0.227 e. The molecule has 1 heterocycles. The Labute approximate surface area is 126 Å². The third-order valence-corrected chi connectivity index (χ3v) is 3.75. The van der Waals surface area contributed by atoms with Gasteiger partial charge in [-0.15, -0.1) is 0 Å². The van der Waals surface area contributed by atoms with Gasteiger partial charge in [-0.1, -0.05) is 23.2 Å². The normalized spacial score (nSPS) is 14.3. The third-order valence-electron chi connectivity index (χ3n) is 3.20. The lowest BCUT2D eigenvalue weighted by atomic mass is 10.3. The number of benzene rings is 1. The molecule has 104 valence electrons. The Morgan fingerprint density at radius 2 is 2.00 bits per heavy atom. The molecule has 1 aliphatic rings. The molecule has 1 aromatic carbocycles. The molecule has 0 amide bonds. The number of nitrogens with two attached hydrogens (primary N) is 1. The van der Waals surface area contributed by atoms with Crippen LogP contribution in [-0.2, 0) is 0 Å². The summed E-state index contributed by atoms with van der Waals surface area (Å²) in [6, 6.07) is 5.03. The largest absolute Gasteiger partial charge is 0.437 e. The Morgan fingerprint density at radius 1 is 1.25 bits per heavy atom. The predicted octanol–water partition coefficient (Wildman–Crippen LogP) is 4.34. The van der Waals surface area contributed by atoms with Crippen LogP contribution in [0.2, 0.25) is 10.0 Å². The Hall–Kier alpha value is -1.52. The fourth-order valence-corrected chi connectivity index (χ4v) is 2.13. The fraction of sp³-hybridized carbons (Fsp3) is 0.286. The molecule has 1 aliphatic carbocycles. The summed E-state index contributed by atoms with van der Waals surface area (Å²) in [5.74, 6) is 2.47. The number of hydrogen-bond acceptors (Lipinski definition) is 4. The lowest BCUT2D eigenvalue weighted by molar-refractivity contribution is 0.455. The van der Waals surface area contributed by atoms with E-state index in [1.165, 1.54) is 0 Å². The zero-order valence-corrected chi connectivity index (χ0v) is 12.4. The number of hydrogen-bond donors (Lipinski definition) is 1. The second-order valence-corrected chi connectivity index (χ2v) is 5.69. The lowest BCUT2D eigenvalue weighted by Crippen LogP contribution is -2.04. The van der Waals surface area contributed by atoms with Gasteiger partial charge in [-0.05, 0) is 31.9 Å². The van der Waals surface area contributed by atoms with Crippen LogP contribution >= 0.6 is 23.2 Å². The van der Waals surface area contributed by atoms with Crippen molar-refractivity contribution in [2.24, 2.45) is 0 Å². The van der Waals surface area contributed by atoms with Gasteiger partial charge in [0, 0.05) is 17.0 Å². The Bertz CT molecular complexity index is 672. The van der Waals surface area contributed by atoms with Crippen molar-refractivity contribution in [3.05, 3.63) is 39.6 Å². The first kappa shape index (κ1) is 13.5. The summed E-state index contributed by atoms with van der Waals surface area (Å²) >= 11 is 12.0. The van der Waals surface area contributed by atoms with Crippen molar-refractivity contribution in [3.8, 4) is 11.6 Å². The number of aromatic nitrogens is 2. The molecule has 0 bridgehead atoms. The number of halogens is 2. The minimum atomic E-state index is 0.398. The second kappa shape index (κ2) is 5.11. The van der Waals surface area contributed by atoms with E-state index in [0.29, 0.717) is 39.0 Å². The van der Waals surface area contributed by atoms with Crippen molar-refractivity contribution >= 4 is 29.0 Å². The standard InChI is InChI=1S/C14H13Cl2N3O/c1-7-12(17)18-13(8-2-3-8)19-14(7)20-11-6-9(15)4-5-10(11)16/h4-6,8H,2-3H2,1H3,(H2,17,18,19). The molecule has 6 heteroatoms. The first-order valence-electron chi connectivity index (χ1n) is 6.31. The highest BCUT2D eigenvalue weighted by Gasteiger charge is 2.28. The molecule has 1 saturated carbocycles. The van der Waals surface area contributed by atoms with Crippen molar-refractivity contribution in [1.29, 1.82) is 0 Å². The van der Waals surface area contributed by atoms with E-state index in [1.807, 2.05) is 6.92 Å². The van der Waals surface area contributed by atoms with E-state index in [2.05, 4.69) is 9.97 Å². The van der Waals surface area contributed by atoms with E-state index >= 15 is 0 Å². The minimum absolute atomic E-state index is 0.398. The number of anilines is 1. The van der Waals surface area contributed by atoms with Gasteiger partial charge in [-0.2, -0.15) is 4.98 Å². The second-order valence-electron chi connectivity index (χ2n) is 4.85. The van der Waals surface area contributed by atoms with Crippen molar-refractivity contribution < 1.29 is 4.74 Å². The molecular weight excluding hydrogens is 297 g/mol. The molecule has 0 aliphatic heterocycles. The number of nitrogens with zero attached hydrogens (tertiary/aromatic N) is 2. The van der Waals surface area contributed by atoms with Gasteiger partial charge in [0.15, 0.2) is 0 Å².